The van der Waals surface area contributed by atoms with Crippen LogP contribution < -0.4 is 10.6 Å². The molecule has 0 atom stereocenters. The van der Waals surface area contributed by atoms with Crippen LogP contribution in [0.1, 0.15) is 75.3 Å². The summed E-state index contributed by atoms with van der Waals surface area (Å²) < 4.78 is 3.66. The van der Waals surface area contributed by atoms with E-state index < -0.39 is 11.9 Å². The normalized spacial score (nSPS) is 19.0. The molecule has 2 amide bonds. The molecule has 3 aliphatic rings. The number of hydrogen-bond acceptors (Lipinski definition) is 8. The number of hydrogen-bond donors (Lipinski definition) is 3. The number of carboxylic acids is 1. The first-order valence-corrected chi connectivity index (χ1v) is 18.1. The molecule has 1 fully saturated rings. The van der Waals surface area contributed by atoms with Crippen LogP contribution in [0.25, 0.3) is 11.1 Å². The predicted octanol–water partition coefficient (Wildman–Crippen LogP) is 5.09. The Morgan fingerprint density at radius 3 is 2.06 bits per heavy atom. The Hall–Kier alpha value is -5.03. The Labute approximate surface area is 307 Å². The van der Waals surface area contributed by atoms with Crippen LogP contribution in [0.5, 0.6) is 0 Å². The van der Waals surface area contributed by atoms with Crippen molar-refractivity contribution < 1.29 is 19.5 Å². The van der Waals surface area contributed by atoms with Gasteiger partial charge in [-0.15, -0.1) is 0 Å². The SMILES string of the molecule is CN1CCc2c(nc(C(=O)Nc3cccc(-c4cccc(NC(=O)c5nc6c(n5C)CCN(CC5CCC(C(=O)O)CC5)C6)c4C#N)c3Cl)n2C)C1. The second-order valence-electron chi connectivity index (χ2n) is 14.2. The van der Waals surface area contributed by atoms with Gasteiger partial charge in [-0.2, -0.15) is 5.26 Å². The molecule has 0 spiro atoms. The number of fused-ring (bicyclic) bond motifs is 2. The number of nitrogens with one attached hydrogen (secondary N) is 2. The zero-order valence-electron chi connectivity index (χ0n) is 29.6. The fraction of sp³-hybridized carbons (Fsp3) is 0.421. The van der Waals surface area contributed by atoms with Crippen LogP contribution in [0, 0.1) is 23.2 Å². The van der Waals surface area contributed by atoms with E-state index in [0.29, 0.717) is 47.3 Å². The standard InChI is InChI=1S/C38H42ClN9O4/c1-45-16-14-31-29(20-45)41-35(46(31)2)37(50)44-28-9-5-7-25(33(28)39)24-6-4-8-27(26(24)18-40)43-36(49)34-42-30-21-48(17-15-32(30)47(34)3)19-22-10-12-23(13-11-22)38(51)52/h4-9,22-23H,10-17,19-21H2,1-3H3,(H,43,49)(H,44,50)(H,51,52). The summed E-state index contributed by atoms with van der Waals surface area (Å²) in [5, 5.41) is 25.8. The highest BCUT2D eigenvalue weighted by atomic mass is 35.5. The number of anilines is 2. The van der Waals surface area contributed by atoms with Gasteiger partial charge in [0.15, 0.2) is 11.6 Å². The maximum absolute atomic E-state index is 13.7. The van der Waals surface area contributed by atoms with Gasteiger partial charge < -0.3 is 29.8 Å². The number of halogens is 1. The van der Waals surface area contributed by atoms with Crippen LogP contribution in [-0.2, 0) is 44.8 Å². The van der Waals surface area contributed by atoms with E-state index in [1.54, 1.807) is 36.4 Å². The summed E-state index contributed by atoms with van der Waals surface area (Å²) in [4.78, 5) is 52.4. The Kier molecular flexibility index (Phi) is 9.89. The van der Waals surface area contributed by atoms with Crippen LogP contribution in [0.4, 0.5) is 11.4 Å². The Morgan fingerprint density at radius 1 is 0.846 bits per heavy atom. The highest BCUT2D eigenvalue weighted by molar-refractivity contribution is 6.36. The predicted molar refractivity (Wildman–Crippen MR) is 196 cm³/mol. The molecule has 0 unspecified atom stereocenters. The molecule has 2 aromatic carbocycles. The molecule has 3 N–H and O–H groups in total. The van der Waals surface area contributed by atoms with Crippen molar-refractivity contribution in [1.29, 1.82) is 5.26 Å². The van der Waals surface area contributed by atoms with Crippen LogP contribution in [-0.4, -0.2) is 78.5 Å². The van der Waals surface area contributed by atoms with Crippen LogP contribution in [0.15, 0.2) is 36.4 Å². The molecule has 4 heterocycles. The monoisotopic (exact) mass is 723 g/mol. The topological polar surface area (TPSA) is 161 Å². The number of benzene rings is 2. The van der Waals surface area contributed by atoms with Crippen molar-refractivity contribution in [2.45, 2.75) is 51.6 Å². The minimum Gasteiger partial charge on any atom is -0.481 e. The number of aliphatic carboxylic acids is 1. The lowest BCUT2D eigenvalue weighted by atomic mass is 9.81. The lowest BCUT2D eigenvalue weighted by molar-refractivity contribution is -0.143. The van der Waals surface area contributed by atoms with Crippen LogP contribution >= 0.6 is 11.6 Å². The quantitative estimate of drug-likeness (QED) is 0.225. The summed E-state index contributed by atoms with van der Waals surface area (Å²) in [5.74, 6) is -0.728. The van der Waals surface area contributed by atoms with Gasteiger partial charge in [-0.1, -0.05) is 35.9 Å². The molecule has 1 saturated carbocycles. The van der Waals surface area contributed by atoms with Gasteiger partial charge in [-0.3, -0.25) is 19.3 Å². The van der Waals surface area contributed by atoms with Crippen molar-refractivity contribution >= 4 is 40.8 Å². The number of nitriles is 1. The number of likely N-dealkylation sites (N-methyl/N-ethyl adjacent to an activating group) is 1. The first kappa shape index (κ1) is 35.4. The maximum atomic E-state index is 13.7. The summed E-state index contributed by atoms with van der Waals surface area (Å²) in [6.45, 7) is 3.93. The lowest BCUT2D eigenvalue weighted by Gasteiger charge is -2.33. The Bertz CT molecular complexity index is 2110. The fourth-order valence-electron chi connectivity index (χ4n) is 7.95. The third-order valence-electron chi connectivity index (χ3n) is 10.9. The van der Waals surface area contributed by atoms with Gasteiger partial charge >= 0.3 is 5.97 Å². The summed E-state index contributed by atoms with van der Waals surface area (Å²) in [7, 11) is 5.71. The molecule has 2 aromatic heterocycles. The van der Waals surface area contributed by atoms with Crippen molar-refractivity contribution in [3.8, 4) is 17.2 Å². The Balaban J connectivity index is 1.06. The first-order valence-electron chi connectivity index (χ1n) is 17.7. The number of carboxylic acid groups (broad SMARTS) is 1. The molecule has 52 heavy (non-hydrogen) atoms. The molecule has 0 saturated heterocycles. The van der Waals surface area contributed by atoms with E-state index in [-0.39, 0.29) is 28.2 Å². The fourth-order valence-corrected chi connectivity index (χ4v) is 8.23. The molecule has 0 radical (unpaired) electrons. The molecule has 14 heteroatoms. The molecule has 270 valence electrons. The third-order valence-corrected chi connectivity index (χ3v) is 11.3. The second kappa shape index (κ2) is 14.5. The number of aromatic nitrogens is 4. The maximum Gasteiger partial charge on any atom is 0.306 e. The third kappa shape index (κ3) is 6.81. The average Bonchev–Trinajstić information content (AvgIpc) is 3.64. The van der Waals surface area contributed by atoms with Gasteiger partial charge in [-0.25, -0.2) is 9.97 Å². The minimum atomic E-state index is -0.694. The van der Waals surface area contributed by atoms with E-state index in [4.69, 9.17) is 16.6 Å². The van der Waals surface area contributed by atoms with Crippen molar-refractivity contribution in [1.82, 2.24) is 28.9 Å². The molecular weight excluding hydrogens is 682 g/mol. The van der Waals surface area contributed by atoms with Gasteiger partial charge in [0.2, 0.25) is 0 Å². The van der Waals surface area contributed by atoms with E-state index in [2.05, 4.69) is 31.5 Å². The average molecular weight is 724 g/mol. The van der Waals surface area contributed by atoms with Gasteiger partial charge in [0.25, 0.3) is 11.8 Å². The van der Waals surface area contributed by atoms with Crippen LogP contribution in [0.2, 0.25) is 5.02 Å². The highest BCUT2D eigenvalue weighted by Gasteiger charge is 2.31. The highest BCUT2D eigenvalue weighted by Crippen LogP contribution is 2.38. The van der Waals surface area contributed by atoms with Gasteiger partial charge in [-0.05, 0) is 50.8 Å². The number of carbonyl (C=O) groups excluding carboxylic acids is 2. The van der Waals surface area contributed by atoms with E-state index in [1.807, 2.05) is 30.3 Å². The molecular formula is C38H42ClN9O4. The molecule has 7 rings (SSSR count). The second-order valence-corrected chi connectivity index (χ2v) is 14.6. The van der Waals surface area contributed by atoms with Crippen molar-refractivity contribution in [3.63, 3.8) is 0 Å². The number of imidazole rings is 2. The smallest absolute Gasteiger partial charge is 0.306 e. The molecule has 4 aromatic rings. The van der Waals surface area contributed by atoms with Gasteiger partial charge in [0, 0.05) is 82.2 Å². The number of rotatable bonds is 8. The Morgan fingerprint density at radius 2 is 1.42 bits per heavy atom. The van der Waals surface area contributed by atoms with Crippen molar-refractivity contribution in [2.24, 2.45) is 25.9 Å². The summed E-state index contributed by atoms with van der Waals surface area (Å²) in [6, 6.07) is 12.6. The van der Waals surface area contributed by atoms with Crippen LogP contribution in [0.3, 0.4) is 0 Å². The molecule has 2 aliphatic heterocycles. The van der Waals surface area contributed by atoms with E-state index in [0.717, 1.165) is 80.9 Å². The molecule has 13 nitrogen and oxygen atoms in total. The first-order chi connectivity index (χ1) is 25.0. The summed E-state index contributed by atoms with van der Waals surface area (Å²) in [5.41, 5.74) is 5.75. The van der Waals surface area contributed by atoms with E-state index in [9.17, 15) is 24.8 Å². The van der Waals surface area contributed by atoms with Gasteiger partial charge in [0.1, 0.15) is 6.07 Å². The van der Waals surface area contributed by atoms with Gasteiger partial charge in [0.05, 0.1) is 39.3 Å². The molecule has 1 aliphatic carbocycles. The van der Waals surface area contributed by atoms with Crippen molar-refractivity contribution in [2.75, 3.05) is 37.3 Å². The molecule has 0 bridgehead atoms. The number of amides is 2. The largest absolute Gasteiger partial charge is 0.481 e. The minimum absolute atomic E-state index is 0.227. The van der Waals surface area contributed by atoms with E-state index in [1.165, 1.54) is 0 Å². The summed E-state index contributed by atoms with van der Waals surface area (Å²) in [6.07, 6.45) is 4.82. The zero-order chi connectivity index (χ0) is 36.7. The number of carbonyl (C=O) groups is 3. The number of nitrogens with zero attached hydrogens (tertiary/aromatic N) is 7. The van der Waals surface area contributed by atoms with E-state index >= 15 is 0 Å². The zero-order valence-corrected chi connectivity index (χ0v) is 30.3. The lowest BCUT2D eigenvalue weighted by Crippen LogP contribution is -2.36. The van der Waals surface area contributed by atoms with Crippen molar-refractivity contribution in [3.05, 3.63) is 81.4 Å². The summed E-state index contributed by atoms with van der Waals surface area (Å²) >= 11 is 6.90.